The summed E-state index contributed by atoms with van der Waals surface area (Å²) in [6.07, 6.45) is 0.0109. The highest BCUT2D eigenvalue weighted by atomic mass is 16.6. The van der Waals surface area contributed by atoms with Crippen LogP contribution in [0.2, 0.25) is 0 Å². The van der Waals surface area contributed by atoms with Gasteiger partial charge in [0.2, 0.25) is 0 Å². The quantitative estimate of drug-likeness (QED) is 0.287. The number of benzene rings is 1. The van der Waals surface area contributed by atoms with E-state index in [4.69, 9.17) is 19.3 Å². The zero-order chi connectivity index (χ0) is 26.9. The average molecular weight is 505 g/mol. The van der Waals surface area contributed by atoms with Gasteiger partial charge in [0.15, 0.2) is 11.9 Å². The predicted molar refractivity (Wildman–Crippen MR) is 126 cm³/mol. The van der Waals surface area contributed by atoms with Gasteiger partial charge in [0.1, 0.15) is 23.2 Å². The van der Waals surface area contributed by atoms with Crippen LogP contribution in [0.25, 0.3) is 0 Å². The van der Waals surface area contributed by atoms with Gasteiger partial charge in [-0.25, -0.2) is 14.4 Å². The highest BCUT2D eigenvalue weighted by molar-refractivity contribution is 5.97. The van der Waals surface area contributed by atoms with Crippen LogP contribution in [0.5, 0.6) is 11.5 Å². The molecule has 0 saturated heterocycles. The summed E-state index contributed by atoms with van der Waals surface area (Å²) >= 11 is 0. The molecule has 2 heterocycles. The molecule has 1 aromatic rings. The monoisotopic (exact) mass is 504 g/mol. The molecule has 0 aliphatic carbocycles. The molecule has 10 nitrogen and oxygen atoms in total. The van der Waals surface area contributed by atoms with Crippen molar-refractivity contribution in [3.8, 4) is 11.5 Å². The van der Waals surface area contributed by atoms with Crippen LogP contribution in [-0.4, -0.2) is 57.6 Å². The first-order valence-corrected chi connectivity index (χ1v) is 11.7. The summed E-state index contributed by atoms with van der Waals surface area (Å²) in [5.41, 5.74) is 3.07. The van der Waals surface area contributed by atoms with Gasteiger partial charge in [-0.3, -0.25) is 0 Å². The van der Waals surface area contributed by atoms with Crippen LogP contribution >= 0.6 is 0 Å². The minimum atomic E-state index is -1.59. The smallest absolute Gasteiger partial charge is 0.378 e. The molecule has 0 fully saturated rings. The first-order chi connectivity index (χ1) is 16.8. The molecular weight excluding hydrogens is 472 g/mol. The van der Waals surface area contributed by atoms with Gasteiger partial charge in [-0.2, -0.15) is 0 Å². The maximum absolute atomic E-state index is 12.5. The van der Waals surface area contributed by atoms with E-state index in [9.17, 15) is 24.6 Å². The zero-order valence-corrected chi connectivity index (χ0v) is 21.2. The Bertz CT molecular complexity index is 1150. The van der Waals surface area contributed by atoms with Crippen molar-refractivity contribution in [2.24, 2.45) is 5.92 Å². The van der Waals surface area contributed by atoms with E-state index < -0.39 is 48.2 Å². The van der Waals surface area contributed by atoms with Crippen LogP contribution < -0.4 is 9.47 Å². The predicted octanol–water partition coefficient (Wildman–Crippen LogP) is 2.40. The van der Waals surface area contributed by atoms with Crippen molar-refractivity contribution in [1.29, 1.82) is 0 Å². The molecule has 1 aromatic carbocycles. The SMILES string of the molecule is Cc1c(C)c2c(c(C)c1OC(=O)/C=C/C(=O)OC1=C(O)C(C(O)CO)OC1=O)CCC(C)(C(C)C)O2. The summed E-state index contributed by atoms with van der Waals surface area (Å²) < 4.78 is 21.4. The number of aliphatic hydroxyl groups excluding tert-OH is 3. The molecule has 10 heteroatoms. The van der Waals surface area contributed by atoms with Gasteiger partial charge in [-0.1, -0.05) is 13.8 Å². The van der Waals surface area contributed by atoms with Crippen molar-refractivity contribution < 1.29 is 48.7 Å². The molecule has 0 bridgehead atoms. The summed E-state index contributed by atoms with van der Waals surface area (Å²) in [4.78, 5) is 36.4. The number of ether oxygens (including phenoxy) is 4. The second kappa shape index (κ2) is 10.3. The number of fused-ring (bicyclic) bond motifs is 1. The lowest BCUT2D eigenvalue weighted by Crippen LogP contribution is -2.42. The summed E-state index contributed by atoms with van der Waals surface area (Å²) in [5.74, 6) is -3.34. The second-order valence-electron chi connectivity index (χ2n) is 9.55. The lowest BCUT2D eigenvalue weighted by Gasteiger charge is -2.40. The molecule has 36 heavy (non-hydrogen) atoms. The Morgan fingerprint density at radius 2 is 1.72 bits per heavy atom. The fourth-order valence-corrected chi connectivity index (χ4v) is 4.13. The average Bonchev–Trinajstić information content (AvgIpc) is 3.11. The molecule has 3 N–H and O–H groups in total. The van der Waals surface area contributed by atoms with E-state index >= 15 is 0 Å². The van der Waals surface area contributed by atoms with Gasteiger partial charge in [-0.05, 0) is 63.1 Å². The maximum Gasteiger partial charge on any atom is 0.378 e. The highest BCUT2D eigenvalue weighted by Crippen LogP contribution is 2.45. The van der Waals surface area contributed by atoms with E-state index in [2.05, 4.69) is 25.5 Å². The van der Waals surface area contributed by atoms with E-state index in [0.29, 0.717) is 11.7 Å². The minimum absolute atomic E-state index is 0.288. The largest absolute Gasteiger partial charge is 0.505 e. The summed E-state index contributed by atoms with van der Waals surface area (Å²) in [6, 6.07) is 0. The van der Waals surface area contributed by atoms with Gasteiger partial charge in [0, 0.05) is 17.7 Å². The molecule has 3 unspecified atom stereocenters. The standard InChI is InChI=1S/C26H32O10/c1-12(2)26(6)10-9-16-15(5)21(13(3)14(4)22(16)36-26)33-18(29)7-8-19(30)34-24-20(31)23(17(28)11-27)35-25(24)32/h7-8,12,17,23,27-28,31H,9-11H2,1-6H3/b8-7+. The number of carbonyl (C=O) groups excluding carboxylic acids is 3. The second-order valence-corrected chi connectivity index (χ2v) is 9.55. The topological polar surface area (TPSA) is 149 Å². The Balaban J connectivity index is 1.74. The molecule has 3 rings (SSSR count). The van der Waals surface area contributed by atoms with Crippen LogP contribution in [0.15, 0.2) is 23.7 Å². The third kappa shape index (κ3) is 5.10. The minimum Gasteiger partial charge on any atom is -0.505 e. The van der Waals surface area contributed by atoms with E-state index in [1.165, 1.54) is 0 Å². The number of esters is 3. The molecule has 2 aliphatic heterocycles. The lowest BCUT2D eigenvalue weighted by molar-refractivity contribution is -0.151. The third-order valence-electron chi connectivity index (χ3n) is 6.96. The van der Waals surface area contributed by atoms with E-state index in [0.717, 1.165) is 53.0 Å². The molecule has 0 saturated carbocycles. The Labute approximate surface area is 209 Å². The normalized spacial score (nSPS) is 22.4. The number of rotatable bonds is 7. The van der Waals surface area contributed by atoms with Crippen LogP contribution in [-0.2, 0) is 30.3 Å². The molecule has 0 radical (unpaired) electrons. The van der Waals surface area contributed by atoms with Gasteiger partial charge in [0.05, 0.1) is 6.61 Å². The first-order valence-electron chi connectivity index (χ1n) is 11.7. The fourth-order valence-electron chi connectivity index (χ4n) is 4.13. The van der Waals surface area contributed by atoms with Crippen molar-refractivity contribution in [3.63, 3.8) is 0 Å². The Morgan fingerprint density at radius 1 is 1.11 bits per heavy atom. The van der Waals surface area contributed by atoms with Gasteiger partial charge in [-0.15, -0.1) is 0 Å². The van der Waals surface area contributed by atoms with Crippen LogP contribution in [0.1, 0.15) is 49.4 Å². The van der Waals surface area contributed by atoms with E-state index in [1.54, 1.807) is 0 Å². The van der Waals surface area contributed by atoms with Crippen LogP contribution in [0.3, 0.4) is 0 Å². The van der Waals surface area contributed by atoms with Crippen molar-refractivity contribution in [1.82, 2.24) is 0 Å². The molecule has 2 aliphatic rings. The Kier molecular flexibility index (Phi) is 7.80. The van der Waals surface area contributed by atoms with Crippen molar-refractivity contribution in [3.05, 3.63) is 45.9 Å². The van der Waals surface area contributed by atoms with Crippen LogP contribution in [0, 0.1) is 26.7 Å². The van der Waals surface area contributed by atoms with Gasteiger partial charge in [0.25, 0.3) is 5.76 Å². The first kappa shape index (κ1) is 27.2. The van der Waals surface area contributed by atoms with Gasteiger partial charge >= 0.3 is 17.9 Å². The number of cyclic esters (lactones) is 1. The van der Waals surface area contributed by atoms with Gasteiger partial charge < -0.3 is 34.3 Å². The molecule has 3 atom stereocenters. The summed E-state index contributed by atoms with van der Waals surface area (Å²) in [5, 5.41) is 28.5. The Morgan fingerprint density at radius 3 is 2.31 bits per heavy atom. The lowest BCUT2D eigenvalue weighted by atomic mass is 9.81. The number of hydrogen-bond donors (Lipinski definition) is 3. The van der Waals surface area contributed by atoms with E-state index in [1.807, 2.05) is 20.8 Å². The molecule has 0 spiro atoms. The molecular formula is C26H32O10. The van der Waals surface area contributed by atoms with Crippen molar-refractivity contribution >= 4 is 17.9 Å². The molecule has 0 aromatic heterocycles. The molecule has 196 valence electrons. The highest BCUT2D eigenvalue weighted by Gasteiger charge is 2.41. The Hall–Kier alpha value is -3.37. The zero-order valence-electron chi connectivity index (χ0n) is 21.2. The van der Waals surface area contributed by atoms with E-state index in [-0.39, 0.29) is 5.60 Å². The summed E-state index contributed by atoms with van der Waals surface area (Å²) in [7, 11) is 0. The van der Waals surface area contributed by atoms with Crippen molar-refractivity contribution in [2.45, 2.75) is 72.2 Å². The third-order valence-corrected chi connectivity index (χ3v) is 6.96. The van der Waals surface area contributed by atoms with Crippen LogP contribution in [0.4, 0.5) is 0 Å². The summed E-state index contributed by atoms with van der Waals surface area (Å²) in [6.45, 7) is 11.1. The van der Waals surface area contributed by atoms with Crippen molar-refractivity contribution in [2.75, 3.05) is 6.61 Å². The number of aliphatic hydroxyl groups is 3. The molecule has 0 amide bonds. The number of hydrogen-bond acceptors (Lipinski definition) is 10. The maximum atomic E-state index is 12.5. The number of carbonyl (C=O) groups is 3. The fraction of sp³-hybridized carbons (Fsp3) is 0.500.